The highest BCUT2D eigenvalue weighted by Crippen LogP contribution is 2.18. The molecule has 0 radical (unpaired) electrons. The van der Waals surface area contributed by atoms with Crippen LogP contribution in [-0.4, -0.2) is 6.54 Å². The van der Waals surface area contributed by atoms with Crippen molar-refractivity contribution in [2.45, 2.75) is 6.04 Å². The molecule has 0 saturated carbocycles. The van der Waals surface area contributed by atoms with Crippen LogP contribution in [0.4, 0.5) is 13.2 Å². The van der Waals surface area contributed by atoms with Crippen molar-refractivity contribution in [3.63, 3.8) is 0 Å². The van der Waals surface area contributed by atoms with E-state index in [0.29, 0.717) is 6.07 Å². The predicted molar refractivity (Wildman–Crippen MR) is 49.5 cm³/mol. The van der Waals surface area contributed by atoms with E-state index in [1.807, 2.05) is 0 Å². The molecule has 80 valence electrons. The second-order valence-electron chi connectivity index (χ2n) is 2.63. The third-order valence-electron chi connectivity index (χ3n) is 1.67. The predicted octanol–water partition coefficient (Wildman–Crippen LogP) is 1.48. The minimum absolute atomic E-state index is 0. The van der Waals surface area contributed by atoms with E-state index in [1.165, 1.54) is 0 Å². The molecule has 0 aliphatic rings. The lowest BCUT2D eigenvalue weighted by molar-refractivity contribution is 0.475. The van der Waals surface area contributed by atoms with Crippen LogP contribution in [0.3, 0.4) is 0 Å². The number of hydrogen-bond donors (Lipinski definition) is 2. The molecular formula is C8H10ClF3N2. The van der Waals surface area contributed by atoms with Gasteiger partial charge in [0.1, 0.15) is 5.82 Å². The average Bonchev–Trinajstić information content (AvgIpc) is 2.10. The standard InChI is InChI=1S/C8H9F3N2.ClH/c9-4-1-5(7(13)3-12)8(11)6(10)2-4;/h1-2,7H,3,12-13H2;1H/t7-;/m1./s1. The first-order valence-corrected chi connectivity index (χ1v) is 3.66. The van der Waals surface area contributed by atoms with E-state index in [9.17, 15) is 13.2 Å². The Bertz CT molecular complexity index is 320. The zero-order chi connectivity index (χ0) is 10.0. The molecule has 14 heavy (non-hydrogen) atoms. The Morgan fingerprint density at radius 2 is 1.79 bits per heavy atom. The molecule has 0 saturated heterocycles. The summed E-state index contributed by atoms with van der Waals surface area (Å²) in [5.74, 6) is -3.25. The molecule has 0 aliphatic heterocycles. The summed E-state index contributed by atoms with van der Waals surface area (Å²) in [7, 11) is 0. The minimum Gasteiger partial charge on any atom is -0.329 e. The zero-order valence-corrected chi connectivity index (χ0v) is 7.95. The molecule has 0 unspecified atom stereocenters. The first kappa shape index (κ1) is 13.2. The van der Waals surface area contributed by atoms with Crippen molar-refractivity contribution in [3.05, 3.63) is 35.1 Å². The molecule has 2 nitrogen and oxygen atoms in total. The lowest BCUT2D eigenvalue weighted by Crippen LogP contribution is -2.22. The van der Waals surface area contributed by atoms with Gasteiger partial charge in [0.2, 0.25) is 0 Å². The van der Waals surface area contributed by atoms with Gasteiger partial charge in [-0.1, -0.05) is 0 Å². The van der Waals surface area contributed by atoms with Gasteiger partial charge < -0.3 is 11.5 Å². The van der Waals surface area contributed by atoms with Crippen LogP contribution in [0.2, 0.25) is 0 Å². The maximum absolute atomic E-state index is 12.9. The van der Waals surface area contributed by atoms with Crippen molar-refractivity contribution in [2.75, 3.05) is 6.54 Å². The summed E-state index contributed by atoms with van der Waals surface area (Å²) < 4.78 is 38.2. The molecule has 1 rings (SSSR count). The van der Waals surface area contributed by atoms with E-state index in [1.54, 1.807) is 0 Å². The van der Waals surface area contributed by atoms with Gasteiger partial charge in [-0.15, -0.1) is 12.4 Å². The fourth-order valence-electron chi connectivity index (χ4n) is 0.973. The van der Waals surface area contributed by atoms with E-state index < -0.39 is 23.5 Å². The Labute approximate surface area is 85.5 Å². The van der Waals surface area contributed by atoms with Crippen LogP contribution in [-0.2, 0) is 0 Å². The Morgan fingerprint density at radius 3 is 2.29 bits per heavy atom. The summed E-state index contributed by atoms with van der Waals surface area (Å²) in [6, 6.07) is 0.420. The maximum Gasteiger partial charge on any atom is 0.163 e. The average molecular weight is 227 g/mol. The van der Waals surface area contributed by atoms with Gasteiger partial charge in [0, 0.05) is 24.2 Å². The minimum atomic E-state index is -1.25. The lowest BCUT2D eigenvalue weighted by Gasteiger charge is -2.10. The molecule has 0 spiro atoms. The summed E-state index contributed by atoms with van der Waals surface area (Å²) in [6.07, 6.45) is 0. The van der Waals surface area contributed by atoms with Crippen molar-refractivity contribution in [1.29, 1.82) is 0 Å². The van der Waals surface area contributed by atoms with Crippen molar-refractivity contribution in [2.24, 2.45) is 11.5 Å². The van der Waals surface area contributed by atoms with Crippen LogP contribution in [0.5, 0.6) is 0 Å². The Balaban J connectivity index is 0.00000169. The van der Waals surface area contributed by atoms with E-state index in [-0.39, 0.29) is 24.5 Å². The molecule has 0 aliphatic carbocycles. The molecule has 0 fully saturated rings. The van der Waals surface area contributed by atoms with Crippen molar-refractivity contribution < 1.29 is 13.2 Å². The largest absolute Gasteiger partial charge is 0.329 e. The third kappa shape index (κ3) is 2.60. The van der Waals surface area contributed by atoms with Crippen molar-refractivity contribution >= 4 is 12.4 Å². The molecule has 1 atom stereocenters. The third-order valence-corrected chi connectivity index (χ3v) is 1.67. The van der Waals surface area contributed by atoms with E-state index >= 15 is 0 Å². The molecule has 1 aromatic carbocycles. The normalized spacial score (nSPS) is 12.1. The Kier molecular flexibility index (Phi) is 4.90. The van der Waals surface area contributed by atoms with Crippen LogP contribution >= 0.6 is 12.4 Å². The van der Waals surface area contributed by atoms with Gasteiger partial charge in [-0.3, -0.25) is 0 Å². The Morgan fingerprint density at radius 1 is 1.21 bits per heavy atom. The van der Waals surface area contributed by atoms with Gasteiger partial charge in [-0.05, 0) is 6.07 Å². The fraction of sp³-hybridized carbons (Fsp3) is 0.250. The molecule has 6 heteroatoms. The second kappa shape index (κ2) is 5.19. The highest BCUT2D eigenvalue weighted by atomic mass is 35.5. The second-order valence-corrected chi connectivity index (χ2v) is 2.63. The Hall–Kier alpha value is -0.780. The summed E-state index contributed by atoms with van der Waals surface area (Å²) in [6.45, 7) is -0.0696. The molecule has 1 aromatic rings. The molecule has 0 aromatic heterocycles. The first-order chi connectivity index (χ1) is 6.06. The van der Waals surface area contributed by atoms with Crippen LogP contribution < -0.4 is 11.5 Å². The van der Waals surface area contributed by atoms with Gasteiger partial charge in [0.15, 0.2) is 11.6 Å². The molecule has 0 bridgehead atoms. The van der Waals surface area contributed by atoms with Crippen molar-refractivity contribution in [3.8, 4) is 0 Å². The smallest absolute Gasteiger partial charge is 0.163 e. The van der Waals surface area contributed by atoms with Crippen LogP contribution in [0.15, 0.2) is 12.1 Å². The highest BCUT2D eigenvalue weighted by Gasteiger charge is 2.15. The number of halogens is 4. The molecular weight excluding hydrogens is 217 g/mol. The first-order valence-electron chi connectivity index (χ1n) is 3.66. The number of nitrogens with two attached hydrogens (primary N) is 2. The molecule has 0 amide bonds. The van der Waals surface area contributed by atoms with E-state index in [0.717, 1.165) is 6.07 Å². The van der Waals surface area contributed by atoms with Gasteiger partial charge in [0.05, 0.1) is 0 Å². The summed E-state index contributed by atoms with van der Waals surface area (Å²) >= 11 is 0. The summed E-state index contributed by atoms with van der Waals surface area (Å²) in [4.78, 5) is 0. The lowest BCUT2D eigenvalue weighted by atomic mass is 10.1. The highest BCUT2D eigenvalue weighted by molar-refractivity contribution is 5.85. The van der Waals surface area contributed by atoms with Crippen LogP contribution in [0.25, 0.3) is 0 Å². The summed E-state index contributed by atoms with van der Waals surface area (Å²) in [5.41, 5.74) is 10.2. The number of benzene rings is 1. The van der Waals surface area contributed by atoms with E-state index in [4.69, 9.17) is 11.5 Å². The number of rotatable bonds is 2. The maximum atomic E-state index is 12.9. The van der Waals surface area contributed by atoms with Gasteiger partial charge in [-0.25, -0.2) is 13.2 Å². The van der Waals surface area contributed by atoms with Gasteiger partial charge in [0.25, 0.3) is 0 Å². The summed E-state index contributed by atoms with van der Waals surface area (Å²) in [5, 5.41) is 0. The quantitative estimate of drug-likeness (QED) is 0.751. The van der Waals surface area contributed by atoms with Crippen LogP contribution in [0.1, 0.15) is 11.6 Å². The fourth-order valence-corrected chi connectivity index (χ4v) is 0.973. The van der Waals surface area contributed by atoms with Crippen LogP contribution in [0, 0.1) is 17.5 Å². The van der Waals surface area contributed by atoms with Crippen molar-refractivity contribution in [1.82, 2.24) is 0 Å². The SMILES string of the molecule is Cl.NC[C@@H](N)c1cc(F)cc(F)c1F. The monoisotopic (exact) mass is 226 g/mol. The topological polar surface area (TPSA) is 52.0 Å². The molecule has 4 N–H and O–H groups in total. The van der Waals surface area contributed by atoms with Gasteiger partial charge in [-0.2, -0.15) is 0 Å². The number of hydrogen-bond acceptors (Lipinski definition) is 2. The molecule has 0 heterocycles. The zero-order valence-electron chi connectivity index (χ0n) is 7.14. The van der Waals surface area contributed by atoms with E-state index in [2.05, 4.69) is 0 Å². The van der Waals surface area contributed by atoms with Gasteiger partial charge >= 0.3 is 0 Å².